The number of nitrogens with zero attached hydrogens (tertiary/aromatic N) is 1. The van der Waals surface area contributed by atoms with Crippen LogP contribution in [0.4, 0.5) is 0 Å². The molecule has 0 saturated carbocycles. The van der Waals surface area contributed by atoms with E-state index in [-0.39, 0.29) is 6.10 Å². The van der Waals surface area contributed by atoms with E-state index < -0.39 is 0 Å². The maximum absolute atomic E-state index is 5.76. The molecule has 21 heavy (non-hydrogen) atoms. The van der Waals surface area contributed by atoms with E-state index in [2.05, 4.69) is 37.1 Å². The lowest BCUT2D eigenvalue weighted by Crippen LogP contribution is -2.25. The maximum Gasteiger partial charge on any atom is 0.138 e. The molecule has 0 spiro atoms. The van der Waals surface area contributed by atoms with Crippen LogP contribution in [0.25, 0.3) is 0 Å². The molecule has 120 valence electrons. The first-order chi connectivity index (χ1) is 10.1. The van der Waals surface area contributed by atoms with Crippen molar-refractivity contribution in [3.63, 3.8) is 0 Å². The summed E-state index contributed by atoms with van der Waals surface area (Å²) in [6, 6.07) is 2.46. The van der Waals surface area contributed by atoms with E-state index in [4.69, 9.17) is 4.74 Å². The third-order valence-electron chi connectivity index (χ3n) is 3.27. The normalized spacial score (nSPS) is 14.2. The zero-order chi connectivity index (χ0) is 15.7. The molecule has 0 aliphatic rings. The zero-order valence-electron chi connectivity index (χ0n) is 14.1. The number of thioether (sulfide) groups is 1. The summed E-state index contributed by atoms with van der Waals surface area (Å²) in [6.45, 7) is 11.8. The van der Waals surface area contributed by atoms with Crippen LogP contribution in [-0.4, -0.2) is 28.6 Å². The highest BCUT2D eigenvalue weighted by Crippen LogP contribution is 2.25. The van der Waals surface area contributed by atoms with Gasteiger partial charge in [0.15, 0.2) is 0 Å². The second-order valence-corrected chi connectivity index (χ2v) is 7.15. The van der Waals surface area contributed by atoms with Crippen molar-refractivity contribution in [2.75, 3.05) is 12.3 Å². The molecule has 0 aliphatic carbocycles. The summed E-state index contributed by atoms with van der Waals surface area (Å²) in [5.41, 5.74) is 1.22. The van der Waals surface area contributed by atoms with Crippen LogP contribution < -0.4 is 10.1 Å². The Morgan fingerprint density at radius 3 is 2.62 bits per heavy atom. The number of hydrogen-bond acceptors (Lipinski definition) is 4. The van der Waals surface area contributed by atoms with Gasteiger partial charge in [-0.05, 0) is 44.9 Å². The van der Waals surface area contributed by atoms with Crippen LogP contribution in [0.3, 0.4) is 0 Å². The Kier molecular flexibility index (Phi) is 8.77. The zero-order valence-corrected chi connectivity index (χ0v) is 14.9. The standard InChI is InChI=1S/C17H30N2OS/c1-6-8-19-17(12-21-14(5)7-2)15-9-16(11-18-10-15)20-13(3)4/h9-11,13-14,17,19H,6-8,12H2,1-5H3. The van der Waals surface area contributed by atoms with Crippen LogP contribution in [0.1, 0.15) is 59.1 Å². The molecule has 1 rings (SSSR count). The summed E-state index contributed by atoms with van der Waals surface area (Å²) in [6.07, 6.45) is 6.28. The SMILES string of the molecule is CCCNC(CSC(C)CC)c1cncc(OC(C)C)c1. The van der Waals surface area contributed by atoms with Crippen LogP contribution in [0.2, 0.25) is 0 Å². The van der Waals surface area contributed by atoms with Gasteiger partial charge in [0, 0.05) is 23.2 Å². The van der Waals surface area contributed by atoms with Gasteiger partial charge < -0.3 is 10.1 Å². The first-order valence-electron chi connectivity index (χ1n) is 8.03. The first kappa shape index (κ1) is 18.3. The van der Waals surface area contributed by atoms with Gasteiger partial charge >= 0.3 is 0 Å². The molecule has 1 aromatic heterocycles. The average Bonchev–Trinajstić information content (AvgIpc) is 2.46. The van der Waals surface area contributed by atoms with E-state index in [0.29, 0.717) is 11.3 Å². The Labute approximate surface area is 134 Å². The molecule has 1 heterocycles. The summed E-state index contributed by atoms with van der Waals surface area (Å²) in [5, 5.41) is 4.32. The van der Waals surface area contributed by atoms with Gasteiger partial charge in [0.05, 0.1) is 12.3 Å². The van der Waals surface area contributed by atoms with Crippen molar-refractivity contribution in [3.05, 3.63) is 24.0 Å². The Balaban J connectivity index is 2.76. The molecule has 4 heteroatoms. The summed E-state index contributed by atoms with van der Waals surface area (Å²) < 4.78 is 5.76. The summed E-state index contributed by atoms with van der Waals surface area (Å²) >= 11 is 2.02. The number of ether oxygens (including phenoxy) is 1. The van der Waals surface area contributed by atoms with E-state index >= 15 is 0 Å². The molecular weight excluding hydrogens is 280 g/mol. The van der Waals surface area contributed by atoms with Gasteiger partial charge in [-0.15, -0.1) is 0 Å². The molecular formula is C17H30N2OS. The van der Waals surface area contributed by atoms with Crippen LogP contribution in [-0.2, 0) is 0 Å². The minimum absolute atomic E-state index is 0.179. The van der Waals surface area contributed by atoms with Crippen molar-refractivity contribution in [1.29, 1.82) is 0 Å². The molecule has 0 bridgehead atoms. The third kappa shape index (κ3) is 7.18. The molecule has 2 atom stereocenters. The predicted octanol–water partition coefficient (Wildman–Crippen LogP) is 4.44. The third-order valence-corrected chi connectivity index (χ3v) is 4.70. The highest BCUT2D eigenvalue weighted by molar-refractivity contribution is 7.99. The number of nitrogens with one attached hydrogen (secondary N) is 1. The lowest BCUT2D eigenvalue weighted by Gasteiger charge is -2.21. The van der Waals surface area contributed by atoms with Crippen LogP contribution in [0, 0.1) is 0 Å². The molecule has 0 fully saturated rings. The topological polar surface area (TPSA) is 34.2 Å². The van der Waals surface area contributed by atoms with Crippen molar-refractivity contribution in [3.8, 4) is 5.75 Å². The van der Waals surface area contributed by atoms with E-state index in [0.717, 1.165) is 24.5 Å². The molecule has 0 radical (unpaired) electrons. The Hall–Kier alpha value is -0.740. The van der Waals surface area contributed by atoms with Gasteiger partial charge in [-0.3, -0.25) is 4.98 Å². The van der Waals surface area contributed by atoms with E-state index in [1.54, 1.807) is 6.20 Å². The van der Waals surface area contributed by atoms with Gasteiger partial charge in [0.2, 0.25) is 0 Å². The van der Waals surface area contributed by atoms with Crippen molar-refractivity contribution < 1.29 is 4.74 Å². The predicted molar refractivity (Wildman–Crippen MR) is 93.2 cm³/mol. The van der Waals surface area contributed by atoms with Gasteiger partial charge in [-0.1, -0.05) is 20.8 Å². The summed E-state index contributed by atoms with van der Waals surface area (Å²) in [4.78, 5) is 4.34. The fraction of sp³-hybridized carbons (Fsp3) is 0.706. The van der Waals surface area contributed by atoms with E-state index in [1.807, 2.05) is 31.8 Å². The number of rotatable bonds is 10. The van der Waals surface area contributed by atoms with Crippen LogP contribution in [0.5, 0.6) is 5.75 Å². The quantitative estimate of drug-likeness (QED) is 0.693. The van der Waals surface area contributed by atoms with Crippen molar-refractivity contribution in [2.24, 2.45) is 0 Å². The van der Waals surface area contributed by atoms with E-state index in [9.17, 15) is 0 Å². The van der Waals surface area contributed by atoms with Gasteiger partial charge in [-0.25, -0.2) is 0 Å². The number of pyridine rings is 1. The molecule has 1 aromatic rings. The number of hydrogen-bond donors (Lipinski definition) is 1. The summed E-state index contributed by atoms with van der Waals surface area (Å²) in [7, 11) is 0. The van der Waals surface area contributed by atoms with Crippen molar-refractivity contribution >= 4 is 11.8 Å². The molecule has 3 nitrogen and oxygen atoms in total. The Morgan fingerprint density at radius 1 is 1.24 bits per heavy atom. The van der Waals surface area contributed by atoms with Crippen molar-refractivity contribution in [1.82, 2.24) is 10.3 Å². The lowest BCUT2D eigenvalue weighted by molar-refractivity contribution is 0.241. The van der Waals surface area contributed by atoms with Gasteiger partial charge in [-0.2, -0.15) is 11.8 Å². The van der Waals surface area contributed by atoms with Gasteiger partial charge in [0.25, 0.3) is 0 Å². The van der Waals surface area contributed by atoms with Crippen LogP contribution in [0.15, 0.2) is 18.5 Å². The Morgan fingerprint density at radius 2 is 2.00 bits per heavy atom. The fourth-order valence-electron chi connectivity index (χ4n) is 1.93. The highest BCUT2D eigenvalue weighted by Gasteiger charge is 2.14. The minimum Gasteiger partial charge on any atom is -0.489 e. The molecule has 0 aliphatic heterocycles. The smallest absolute Gasteiger partial charge is 0.138 e. The molecule has 2 unspecified atom stereocenters. The monoisotopic (exact) mass is 310 g/mol. The summed E-state index contributed by atoms with van der Waals surface area (Å²) in [5.74, 6) is 1.93. The second-order valence-electron chi connectivity index (χ2n) is 5.68. The van der Waals surface area contributed by atoms with Crippen molar-refractivity contribution in [2.45, 2.75) is 64.9 Å². The van der Waals surface area contributed by atoms with Crippen LogP contribution >= 0.6 is 11.8 Å². The Bertz CT molecular complexity index is 398. The number of aromatic nitrogens is 1. The largest absolute Gasteiger partial charge is 0.489 e. The molecule has 0 aromatic carbocycles. The van der Waals surface area contributed by atoms with Gasteiger partial charge in [0.1, 0.15) is 5.75 Å². The van der Waals surface area contributed by atoms with E-state index in [1.165, 1.54) is 12.0 Å². The fourth-order valence-corrected chi connectivity index (χ4v) is 3.00. The molecule has 1 N–H and O–H groups in total. The maximum atomic E-state index is 5.76. The molecule has 0 saturated heterocycles. The lowest BCUT2D eigenvalue weighted by atomic mass is 10.1. The molecule has 0 amide bonds. The first-order valence-corrected chi connectivity index (χ1v) is 9.08. The average molecular weight is 311 g/mol. The minimum atomic E-state index is 0.179. The highest BCUT2D eigenvalue weighted by atomic mass is 32.2. The second kappa shape index (κ2) is 10.1.